The summed E-state index contributed by atoms with van der Waals surface area (Å²) in [6, 6.07) is 17.0. The number of aliphatic hydroxyl groups excluding tert-OH is 4. The Balaban J connectivity index is 1.71. The molecule has 4 N–H and O–H groups in total. The van der Waals surface area contributed by atoms with E-state index < -0.39 is 37.3 Å². The van der Waals surface area contributed by atoms with Crippen molar-refractivity contribution in [3.63, 3.8) is 0 Å². The molecule has 0 spiro atoms. The van der Waals surface area contributed by atoms with Gasteiger partial charge >= 0.3 is 0 Å². The summed E-state index contributed by atoms with van der Waals surface area (Å²) in [4.78, 5) is 0. The van der Waals surface area contributed by atoms with Gasteiger partial charge in [0.15, 0.2) is 0 Å². The van der Waals surface area contributed by atoms with Gasteiger partial charge in [0.2, 0.25) is 6.29 Å². The molecule has 1 aliphatic heterocycles. The molecule has 0 saturated carbocycles. The predicted molar refractivity (Wildman–Crippen MR) is 86.3 cm³/mol. The highest BCUT2D eigenvalue weighted by Gasteiger charge is 2.44. The van der Waals surface area contributed by atoms with Crippen molar-refractivity contribution in [1.29, 1.82) is 0 Å². The predicted octanol–water partition coefficient (Wildman–Crippen LogP) is 0.532. The first-order valence-electron chi connectivity index (χ1n) is 7.73. The topological polar surface area (TPSA) is 99.4 Å². The zero-order chi connectivity index (χ0) is 17.1. The zero-order valence-electron chi connectivity index (χ0n) is 12.9. The fraction of sp³-hybridized carbons (Fsp3) is 0.333. The maximum Gasteiger partial charge on any atom is 0.229 e. The Bertz CT molecular complexity index is 642. The van der Waals surface area contributed by atoms with Crippen LogP contribution < -0.4 is 4.74 Å². The number of ether oxygens (including phenoxy) is 2. The third-order valence-electron chi connectivity index (χ3n) is 4.06. The van der Waals surface area contributed by atoms with Crippen molar-refractivity contribution in [1.82, 2.24) is 0 Å². The van der Waals surface area contributed by atoms with Crippen molar-refractivity contribution in [2.24, 2.45) is 0 Å². The average molecular weight is 332 g/mol. The molecule has 0 radical (unpaired) electrons. The third kappa shape index (κ3) is 3.43. The van der Waals surface area contributed by atoms with Crippen LogP contribution in [0, 0.1) is 0 Å². The monoisotopic (exact) mass is 332 g/mol. The highest BCUT2D eigenvalue weighted by molar-refractivity contribution is 5.63. The number of hydrogen-bond donors (Lipinski definition) is 4. The molecule has 24 heavy (non-hydrogen) atoms. The standard InChI is InChI=1S/C18H20O6/c19-10-14-15(20)16(21)17(22)18(24-14)23-13-8-6-12(7-9-13)11-4-2-1-3-5-11/h1-9,14-22H,10H2/t14-,15+,16+,17-,18?/m1/s1. The van der Waals surface area contributed by atoms with E-state index in [0.717, 1.165) is 11.1 Å². The van der Waals surface area contributed by atoms with Gasteiger partial charge in [-0.3, -0.25) is 0 Å². The molecular formula is C18H20O6. The fourth-order valence-electron chi connectivity index (χ4n) is 2.66. The minimum absolute atomic E-state index is 0.444. The zero-order valence-corrected chi connectivity index (χ0v) is 12.9. The van der Waals surface area contributed by atoms with Crippen LogP contribution in [0.15, 0.2) is 54.6 Å². The van der Waals surface area contributed by atoms with Crippen LogP contribution in [-0.2, 0) is 4.74 Å². The van der Waals surface area contributed by atoms with E-state index in [-0.39, 0.29) is 0 Å². The summed E-state index contributed by atoms with van der Waals surface area (Å²) in [5.74, 6) is 0.444. The molecular weight excluding hydrogens is 312 g/mol. The van der Waals surface area contributed by atoms with E-state index in [1.165, 1.54) is 0 Å². The Morgan fingerprint density at radius 2 is 1.42 bits per heavy atom. The van der Waals surface area contributed by atoms with Crippen molar-refractivity contribution in [3.8, 4) is 16.9 Å². The first kappa shape index (κ1) is 16.9. The summed E-state index contributed by atoms with van der Waals surface area (Å²) >= 11 is 0. The second-order valence-electron chi connectivity index (χ2n) is 5.71. The maximum absolute atomic E-state index is 9.97. The number of hydrogen-bond acceptors (Lipinski definition) is 6. The van der Waals surface area contributed by atoms with Crippen LogP contribution in [0.3, 0.4) is 0 Å². The molecule has 1 unspecified atom stereocenters. The normalized spacial score (nSPS) is 30.1. The van der Waals surface area contributed by atoms with Gasteiger partial charge in [-0.2, -0.15) is 0 Å². The van der Waals surface area contributed by atoms with Crippen LogP contribution in [-0.4, -0.2) is 57.7 Å². The van der Waals surface area contributed by atoms with E-state index in [2.05, 4.69) is 0 Å². The molecule has 0 aliphatic carbocycles. The minimum Gasteiger partial charge on any atom is -0.462 e. The van der Waals surface area contributed by atoms with Gasteiger partial charge in [-0.25, -0.2) is 0 Å². The van der Waals surface area contributed by atoms with Crippen LogP contribution in [0.4, 0.5) is 0 Å². The van der Waals surface area contributed by atoms with Gasteiger partial charge in [0.05, 0.1) is 6.61 Å². The van der Waals surface area contributed by atoms with Crippen molar-refractivity contribution in [2.75, 3.05) is 6.61 Å². The summed E-state index contributed by atoms with van der Waals surface area (Å²) in [6.45, 7) is -0.488. The highest BCUT2D eigenvalue weighted by Crippen LogP contribution is 2.26. The first-order valence-corrected chi connectivity index (χ1v) is 7.73. The van der Waals surface area contributed by atoms with E-state index in [9.17, 15) is 20.4 Å². The molecule has 5 atom stereocenters. The third-order valence-corrected chi connectivity index (χ3v) is 4.06. The SMILES string of the molecule is OC[C@H]1OC(Oc2ccc(-c3ccccc3)cc2)[C@H](O)[C@@H](O)[C@H]1O. The van der Waals surface area contributed by atoms with Crippen LogP contribution in [0.2, 0.25) is 0 Å². The van der Waals surface area contributed by atoms with Crippen molar-refractivity contribution < 1.29 is 29.9 Å². The van der Waals surface area contributed by atoms with E-state index in [4.69, 9.17) is 9.47 Å². The Labute approximate surface area is 139 Å². The lowest BCUT2D eigenvalue weighted by molar-refractivity contribution is -0.277. The number of rotatable bonds is 4. The van der Waals surface area contributed by atoms with Crippen molar-refractivity contribution >= 4 is 0 Å². The molecule has 1 heterocycles. The summed E-state index contributed by atoms with van der Waals surface area (Å²) in [6.07, 6.45) is -6.44. The molecule has 128 valence electrons. The van der Waals surface area contributed by atoms with Gasteiger partial charge in [-0.1, -0.05) is 42.5 Å². The van der Waals surface area contributed by atoms with E-state index in [1.807, 2.05) is 42.5 Å². The molecule has 1 aliphatic rings. The van der Waals surface area contributed by atoms with Crippen LogP contribution in [0.1, 0.15) is 0 Å². The number of aliphatic hydroxyl groups is 4. The molecule has 2 aromatic carbocycles. The molecule has 1 fully saturated rings. The van der Waals surface area contributed by atoms with Crippen molar-refractivity contribution in [2.45, 2.75) is 30.7 Å². The average Bonchev–Trinajstić information content (AvgIpc) is 2.63. The van der Waals surface area contributed by atoms with Crippen LogP contribution in [0.25, 0.3) is 11.1 Å². The highest BCUT2D eigenvalue weighted by atomic mass is 16.7. The largest absolute Gasteiger partial charge is 0.462 e. The van der Waals surface area contributed by atoms with Gasteiger partial charge in [0.25, 0.3) is 0 Å². The Kier molecular flexibility index (Phi) is 5.13. The molecule has 6 nitrogen and oxygen atoms in total. The number of benzene rings is 2. The quantitative estimate of drug-likeness (QED) is 0.652. The molecule has 0 amide bonds. The molecule has 1 saturated heterocycles. The van der Waals surface area contributed by atoms with Gasteiger partial charge in [0.1, 0.15) is 30.2 Å². The molecule has 0 bridgehead atoms. The molecule has 3 rings (SSSR count). The minimum atomic E-state index is -1.45. The second kappa shape index (κ2) is 7.29. The van der Waals surface area contributed by atoms with Gasteiger partial charge < -0.3 is 29.9 Å². The Morgan fingerprint density at radius 3 is 2.04 bits per heavy atom. The first-order chi connectivity index (χ1) is 11.6. The summed E-state index contributed by atoms with van der Waals surface area (Å²) < 4.78 is 10.9. The molecule has 2 aromatic rings. The van der Waals surface area contributed by atoms with Crippen LogP contribution >= 0.6 is 0 Å². The van der Waals surface area contributed by atoms with Gasteiger partial charge in [-0.05, 0) is 23.3 Å². The molecule has 6 heteroatoms. The smallest absolute Gasteiger partial charge is 0.229 e. The maximum atomic E-state index is 9.97. The lowest BCUT2D eigenvalue weighted by Gasteiger charge is -2.39. The van der Waals surface area contributed by atoms with E-state index >= 15 is 0 Å². The van der Waals surface area contributed by atoms with Crippen LogP contribution in [0.5, 0.6) is 5.75 Å². The van der Waals surface area contributed by atoms with Gasteiger partial charge in [-0.15, -0.1) is 0 Å². The molecule has 0 aromatic heterocycles. The summed E-state index contributed by atoms with van der Waals surface area (Å²) in [7, 11) is 0. The summed E-state index contributed by atoms with van der Waals surface area (Å²) in [5.41, 5.74) is 2.08. The Morgan fingerprint density at radius 1 is 0.792 bits per heavy atom. The van der Waals surface area contributed by atoms with Gasteiger partial charge in [0, 0.05) is 0 Å². The Hall–Kier alpha value is -1.96. The lowest BCUT2D eigenvalue weighted by atomic mass is 9.99. The lowest BCUT2D eigenvalue weighted by Crippen LogP contribution is -2.60. The van der Waals surface area contributed by atoms with E-state index in [1.54, 1.807) is 12.1 Å². The second-order valence-corrected chi connectivity index (χ2v) is 5.71. The fourth-order valence-corrected chi connectivity index (χ4v) is 2.66. The van der Waals surface area contributed by atoms with Crippen molar-refractivity contribution in [3.05, 3.63) is 54.6 Å². The summed E-state index contributed by atoms with van der Waals surface area (Å²) in [5, 5.41) is 38.7. The van der Waals surface area contributed by atoms with E-state index in [0.29, 0.717) is 5.75 Å².